The van der Waals surface area contributed by atoms with E-state index in [9.17, 15) is 13.2 Å². The molecule has 10 heteroatoms. The zero-order chi connectivity index (χ0) is 20.9. The van der Waals surface area contributed by atoms with Crippen molar-refractivity contribution in [3.63, 3.8) is 0 Å². The quantitative estimate of drug-likeness (QED) is 0.468. The molecule has 0 amide bonds. The molecule has 2 heterocycles. The summed E-state index contributed by atoms with van der Waals surface area (Å²) in [6.45, 7) is 2.43. The summed E-state index contributed by atoms with van der Waals surface area (Å²) in [5.74, 6) is 0.564. The average molecular weight is 422 g/mol. The van der Waals surface area contributed by atoms with Crippen LogP contribution < -0.4 is 10.6 Å². The number of aromatic nitrogens is 3. The van der Waals surface area contributed by atoms with E-state index in [1.165, 1.54) is 0 Å². The molecule has 0 saturated heterocycles. The van der Waals surface area contributed by atoms with Gasteiger partial charge in [-0.3, -0.25) is 4.99 Å². The van der Waals surface area contributed by atoms with Gasteiger partial charge in [0.05, 0.1) is 16.7 Å². The first-order valence-corrected chi connectivity index (χ1v) is 9.83. The molecule has 0 aliphatic rings. The summed E-state index contributed by atoms with van der Waals surface area (Å²) in [6, 6.07) is 9.80. The number of guanidine groups is 1. The van der Waals surface area contributed by atoms with Crippen LogP contribution in [0.2, 0.25) is 0 Å². The third kappa shape index (κ3) is 5.57. The average Bonchev–Trinajstić information content (AvgIpc) is 3.39. The Balaban J connectivity index is 1.55. The van der Waals surface area contributed by atoms with Gasteiger partial charge in [0.2, 0.25) is 0 Å². The summed E-state index contributed by atoms with van der Waals surface area (Å²) in [4.78, 5) is 7.81. The molecule has 1 aromatic carbocycles. The predicted molar refractivity (Wildman–Crippen MR) is 107 cm³/mol. The monoisotopic (exact) mass is 422 g/mol. The Morgan fingerprint density at radius 2 is 2.14 bits per heavy atom. The minimum absolute atomic E-state index is 0.0339. The minimum atomic E-state index is -4.40. The lowest BCUT2D eigenvalue weighted by Gasteiger charge is -2.19. The first kappa shape index (κ1) is 20.8. The Kier molecular flexibility index (Phi) is 6.53. The number of nitrogens with one attached hydrogen (secondary N) is 2. The van der Waals surface area contributed by atoms with Crippen molar-refractivity contribution in [2.24, 2.45) is 4.99 Å². The van der Waals surface area contributed by atoms with Crippen molar-refractivity contribution >= 4 is 17.3 Å². The van der Waals surface area contributed by atoms with Crippen LogP contribution >= 0.6 is 11.3 Å². The van der Waals surface area contributed by atoms with Gasteiger partial charge in [-0.1, -0.05) is 12.1 Å². The van der Waals surface area contributed by atoms with Gasteiger partial charge < -0.3 is 10.6 Å². The molecule has 3 aromatic rings. The molecule has 3 rings (SSSR count). The van der Waals surface area contributed by atoms with Gasteiger partial charge in [-0.2, -0.15) is 18.3 Å². The summed E-state index contributed by atoms with van der Waals surface area (Å²) in [5.41, 5.74) is 1.16. The fourth-order valence-electron chi connectivity index (χ4n) is 2.68. The van der Waals surface area contributed by atoms with Crippen LogP contribution in [0.5, 0.6) is 0 Å². The molecule has 1 atom stereocenters. The highest BCUT2D eigenvalue weighted by molar-refractivity contribution is 7.09. The Labute approximate surface area is 170 Å². The van der Waals surface area contributed by atoms with E-state index in [0.717, 1.165) is 28.0 Å². The van der Waals surface area contributed by atoms with Crippen LogP contribution in [0.3, 0.4) is 0 Å². The van der Waals surface area contributed by atoms with Crippen LogP contribution in [0.4, 0.5) is 13.2 Å². The maximum absolute atomic E-state index is 12.6. The largest absolute Gasteiger partial charge is 0.434 e. The number of alkyl halides is 3. The van der Waals surface area contributed by atoms with E-state index >= 15 is 0 Å². The zero-order valence-corrected chi connectivity index (χ0v) is 16.8. The van der Waals surface area contributed by atoms with Crippen LogP contribution in [0.25, 0.3) is 5.69 Å². The van der Waals surface area contributed by atoms with Crippen molar-refractivity contribution < 1.29 is 13.2 Å². The first-order chi connectivity index (χ1) is 13.9. The molecule has 0 fully saturated rings. The standard InChI is InChI=1S/C19H21F3N6S/c1-13(14-5-3-6-15(11-14)28-10-4-8-25-28)26-18(23-2)24-9-7-17-27-16(12-29-17)19(20,21)22/h3-6,8,10-13H,7,9H2,1-2H3,(H2,23,24,26). The highest BCUT2D eigenvalue weighted by Gasteiger charge is 2.33. The first-order valence-electron chi connectivity index (χ1n) is 8.95. The molecule has 0 saturated carbocycles. The van der Waals surface area contributed by atoms with Crippen molar-refractivity contribution in [3.05, 3.63) is 64.4 Å². The maximum Gasteiger partial charge on any atom is 0.434 e. The van der Waals surface area contributed by atoms with Crippen LogP contribution in [0, 0.1) is 0 Å². The highest BCUT2D eigenvalue weighted by atomic mass is 32.1. The topological polar surface area (TPSA) is 67.1 Å². The smallest absolute Gasteiger partial charge is 0.356 e. The number of rotatable bonds is 6. The van der Waals surface area contributed by atoms with Gasteiger partial charge in [-0.15, -0.1) is 11.3 Å². The van der Waals surface area contributed by atoms with E-state index in [1.54, 1.807) is 17.9 Å². The summed E-state index contributed by atoms with van der Waals surface area (Å²) in [5, 5.41) is 12.1. The van der Waals surface area contributed by atoms with Gasteiger partial charge in [0.25, 0.3) is 0 Å². The lowest BCUT2D eigenvalue weighted by atomic mass is 10.1. The van der Waals surface area contributed by atoms with Crippen LogP contribution in [0.15, 0.2) is 53.1 Å². The molecule has 6 nitrogen and oxygen atoms in total. The van der Waals surface area contributed by atoms with Crippen molar-refractivity contribution in [2.45, 2.75) is 25.6 Å². The number of hydrogen-bond acceptors (Lipinski definition) is 4. The van der Waals surface area contributed by atoms with E-state index in [-0.39, 0.29) is 6.04 Å². The lowest BCUT2D eigenvalue weighted by Crippen LogP contribution is -2.39. The summed E-state index contributed by atoms with van der Waals surface area (Å²) < 4.78 is 39.7. The fourth-order valence-corrected chi connectivity index (χ4v) is 3.49. The summed E-state index contributed by atoms with van der Waals surface area (Å²) in [6.07, 6.45) is -0.425. The Morgan fingerprint density at radius 1 is 1.31 bits per heavy atom. The number of nitrogens with zero attached hydrogens (tertiary/aromatic N) is 4. The fraction of sp³-hybridized carbons (Fsp3) is 0.316. The molecule has 2 aromatic heterocycles. The molecular formula is C19H21F3N6S. The molecule has 0 radical (unpaired) electrons. The van der Waals surface area contributed by atoms with E-state index in [1.807, 2.05) is 43.5 Å². The van der Waals surface area contributed by atoms with E-state index in [0.29, 0.717) is 23.9 Å². The molecule has 2 N–H and O–H groups in total. The second-order valence-corrected chi connectivity index (χ2v) is 7.23. The molecule has 0 aliphatic heterocycles. The predicted octanol–water partition coefficient (Wildman–Crippen LogP) is 3.82. The number of thiazole rings is 1. The summed E-state index contributed by atoms with van der Waals surface area (Å²) in [7, 11) is 1.65. The lowest BCUT2D eigenvalue weighted by molar-refractivity contribution is -0.140. The van der Waals surface area contributed by atoms with Gasteiger partial charge in [-0.05, 0) is 30.7 Å². The molecule has 1 unspecified atom stereocenters. The zero-order valence-electron chi connectivity index (χ0n) is 15.9. The van der Waals surface area contributed by atoms with Crippen molar-refractivity contribution in [2.75, 3.05) is 13.6 Å². The second kappa shape index (κ2) is 9.08. The normalized spacial score (nSPS) is 13.3. The molecule has 29 heavy (non-hydrogen) atoms. The van der Waals surface area contributed by atoms with E-state index < -0.39 is 11.9 Å². The number of hydrogen-bond donors (Lipinski definition) is 2. The third-order valence-electron chi connectivity index (χ3n) is 4.19. The van der Waals surface area contributed by atoms with Gasteiger partial charge in [0.1, 0.15) is 0 Å². The van der Waals surface area contributed by atoms with Crippen LogP contribution in [-0.2, 0) is 12.6 Å². The Morgan fingerprint density at radius 3 is 2.79 bits per heavy atom. The van der Waals surface area contributed by atoms with Gasteiger partial charge in [-0.25, -0.2) is 9.67 Å². The van der Waals surface area contributed by atoms with Crippen molar-refractivity contribution in [1.29, 1.82) is 0 Å². The highest BCUT2D eigenvalue weighted by Crippen LogP contribution is 2.30. The van der Waals surface area contributed by atoms with Gasteiger partial charge in [0.15, 0.2) is 11.7 Å². The SMILES string of the molecule is CN=C(NCCc1nc(C(F)(F)F)cs1)NC(C)c1cccc(-n2cccn2)c1. The van der Waals surface area contributed by atoms with E-state index in [2.05, 4.69) is 25.7 Å². The van der Waals surface area contributed by atoms with Crippen LogP contribution in [0.1, 0.15) is 29.2 Å². The molecule has 0 aliphatic carbocycles. The van der Waals surface area contributed by atoms with Crippen molar-refractivity contribution in [1.82, 2.24) is 25.4 Å². The molecule has 154 valence electrons. The number of halogens is 3. The minimum Gasteiger partial charge on any atom is -0.356 e. The Hall–Kier alpha value is -2.88. The van der Waals surface area contributed by atoms with Gasteiger partial charge in [0, 0.05) is 37.8 Å². The van der Waals surface area contributed by atoms with Crippen molar-refractivity contribution in [3.8, 4) is 5.69 Å². The summed E-state index contributed by atoms with van der Waals surface area (Å²) >= 11 is 1.01. The molecule has 0 spiro atoms. The van der Waals surface area contributed by atoms with Crippen LogP contribution in [-0.4, -0.2) is 34.3 Å². The maximum atomic E-state index is 12.6. The molecular weight excluding hydrogens is 401 g/mol. The third-order valence-corrected chi connectivity index (χ3v) is 5.10. The van der Waals surface area contributed by atoms with E-state index in [4.69, 9.17) is 0 Å². The molecule has 0 bridgehead atoms. The number of aliphatic imine (C=N–C) groups is 1. The van der Waals surface area contributed by atoms with Gasteiger partial charge >= 0.3 is 6.18 Å². The number of benzene rings is 1. The Bertz CT molecular complexity index is 949. The second-order valence-electron chi connectivity index (χ2n) is 6.28.